The molecule has 0 saturated heterocycles. The van der Waals surface area contributed by atoms with Crippen molar-refractivity contribution < 1.29 is 14.7 Å². The average Bonchev–Trinajstić information content (AvgIpc) is 2.41. The van der Waals surface area contributed by atoms with Gasteiger partial charge >= 0.3 is 5.97 Å². The van der Waals surface area contributed by atoms with Gasteiger partial charge in [0.05, 0.1) is 12.0 Å². The highest BCUT2D eigenvalue weighted by molar-refractivity contribution is 6.33. The summed E-state index contributed by atoms with van der Waals surface area (Å²) in [7, 11) is 0. The molecule has 0 saturated carbocycles. The third kappa shape index (κ3) is 3.55. The highest BCUT2D eigenvalue weighted by Crippen LogP contribution is 2.15. The maximum absolute atomic E-state index is 12.0. The largest absolute Gasteiger partial charge is 0.481 e. The third-order valence-electron chi connectivity index (χ3n) is 2.57. The number of carbonyl (C=O) groups is 2. The fraction of sp³-hybridized carbons (Fsp3) is 0.0714. The highest BCUT2D eigenvalue weighted by atomic mass is 35.5. The zero-order chi connectivity index (χ0) is 14.5. The number of aliphatic carboxylic acids is 1. The van der Waals surface area contributed by atoms with Crippen LogP contribution in [0.25, 0.3) is 0 Å². The monoisotopic (exact) mass is 290 g/mol. The van der Waals surface area contributed by atoms with Gasteiger partial charge in [0.25, 0.3) is 5.91 Å². The van der Waals surface area contributed by atoms with E-state index in [4.69, 9.17) is 16.7 Å². The first-order valence-electron chi connectivity index (χ1n) is 5.79. The molecule has 2 N–H and O–H groups in total. The van der Waals surface area contributed by atoms with Crippen LogP contribution < -0.4 is 5.32 Å². The number of hydrogen-bond donors (Lipinski definition) is 2. The Bertz CT molecular complexity index is 641. The van der Waals surface area contributed by atoms with Crippen LogP contribution in [0, 0.1) is 0 Å². The molecule has 1 heterocycles. The van der Waals surface area contributed by atoms with Gasteiger partial charge in [-0.15, -0.1) is 0 Å². The fourth-order valence-electron chi connectivity index (χ4n) is 1.63. The predicted molar refractivity (Wildman–Crippen MR) is 75.0 cm³/mol. The van der Waals surface area contributed by atoms with Crippen molar-refractivity contribution in [2.75, 3.05) is 5.32 Å². The van der Waals surface area contributed by atoms with Gasteiger partial charge in [-0.05, 0) is 29.8 Å². The van der Waals surface area contributed by atoms with Gasteiger partial charge in [0, 0.05) is 11.9 Å². The minimum absolute atomic E-state index is 0.0529. The van der Waals surface area contributed by atoms with Crippen LogP contribution >= 0.6 is 11.6 Å². The van der Waals surface area contributed by atoms with Gasteiger partial charge in [-0.25, -0.2) is 4.98 Å². The summed E-state index contributed by atoms with van der Waals surface area (Å²) in [5.41, 5.74) is 1.50. The molecule has 0 radical (unpaired) electrons. The molecular formula is C14H11ClN2O3. The van der Waals surface area contributed by atoms with E-state index in [1.165, 1.54) is 6.20 Å². The number of hydrogen-bond acceptors (Lipinski definition) is 3. The normalized spacial score (nSPS) is 10.1. The minimum atomic E-state index is -0.899. The van der Waals surface area contributed by atoms with Crippen molar-refractivity contribution in [3.05, 3.63) is 58.9 Å². The van der Waals surface area contributed by atoms with Crippen molar-refractivity contribution in [2.24, 2.45) is 0 Å². The first-order chi connectivity index (χ1) is 9.56. The van der Waals surface area contributed by atoms with Crippen molar-refractivity contribution in [3.63, 3.8) is 0 Å². The molecule has 20 heavy (non-hydrogen) atoms. The number of carboxylic acids is 1. The summed E-state index contributed by atoms with van der Waals surface area (Å²) in [6.07, 6.45) is 1.45. The summed E-state index contributed by atoms with van der Waals surface area (Å²) >= 11 is 5.83. The quantitative estimate of drug-likeness (QED) is 0.848. The molecule has 0 aliphatic rings. The molecule has 0 bridgehead atoms. The first kappa shape index (κ1) is 14.0. The third-order valence-corrected chi connectivity index (χ3v) is 2.87. The number of nitrogens with one attached hydrogen (secondary N) is 1. The summed E-state index contributed by atoms with van der Waals surface area (Å²) in [4.78, 5) is 26.4. The van der Waals surface area contributed by atoms with E-state index in [1.54, 1.807) is 36.4 Å². The average molecular weight is 291 g/mol. The Morgan fingerprint density at radius 3 is 2.50 bits per heavy atom. The lowest BCUT2D eigenvalue weighted by molar-refractivity contribution is -0.136. The van der Waals surface area contributed by atoms with Crippen LogP contribution in [0.3, 0.4) is 0 Å². The molecule has 6 heteroatoms. The summed E-state index contributed by atoms with van der Waals surface area (Å²) in [6.45, 7) is 0. The molecule has 102 valence electrons. The molecule has 0 fully saturated rings. The van der Waals surface area contributed by atoms with Gasteiger partial charge in [-0.1, -0.05) is 23.7 Å². The Hall–Kier alpha value is -2.40. The van der Waals surface area contributed by atoms with E-state index in [9.17, 15) is 9.59 Å². The number of anilines is 1. The number of halogens is 1. The van der Waals surface area contributed by atoms with Gasteiger partial charge in [0.2, 0.25) is 0 Å². The molecule has 2 rings (SSSR count). The second kappa shape index (κ2) is 6.16. The van der Waals surface area contributed by atoms with E-state index in [1.807, 2.05) is 0 Å². The van der Waals surface area contributed by atoms with Crippen molar-refractivity contribution in [2.45, 2.75) is 6.42 Å². The van der Waals surface area contributed by atoms with E-state index in [-0.39, 0.29) is 23.0 Å². The topological polar surface area (TPSA) is 79.3 Å². The SMILES string of the molecule is O=C(O)Cc1ccc(NC(=O)c2cccnc2Cl)cc1. The number of carbonyl (C=O) groups excluding carboxylic acids is 1. The summed E-state index contributed by atoms with van der Waals surface area (Å²) in [5, 5.41) is 11.5. The van der Waals surface area contributed by atoms with E-state index in [0.29, 0.717) is 11.3 Å². The predicted octanol–water partition coefficient (Wildman–Crippen LogP) is 2.61. The molecule has 0 atom stereocenters. The Morgan fingerprint density at radius 1 is 1.20 bits per heavy atom. The smallest absolute Gasteiger partial charge is 0.307 e. The molecule has 0 aliphatic heterocycles. The molecular weight excluding hydrogens is 280 g/mol. The number of aromatic nitrogens is 1. The lowest BCUT2D eigenvalue weighted by Crippen LogP contribution is -2.13. The Labute approximate surface area is 120 Å². The summed E-state index contributed by atoms with van der Waals surface area (Å²) in [6, 6.07) is 9.77. The molecule has 1 amide bonds. The van der Waals surface area contributed by atoms with Crippen molar-refractivity contribution in [1.82, 2.24) is 4.98 Å². The first-order valence-corrected chi connectivity index (χ1v) is 6.16. The second-order valence-electron chi connectivity index (χ2n) is 4.06. The van der Waals surface area contributed by atoms with Crippen LogP contribution in [-0.4, -0.2) is 22.0 Å². The summed E-state index contributed by atoms with van der Waals surface area (Å²) in [5.74, 6) is -1.27. The molecule has 1 aromatic carbocycles. The van der Waals surface area contributed by atoms with Crippen molar-refractivity contribution >= 4 is 29.2 Å². The van der Waals surface area contributed by atoms with E-state index >= 15 is 0 Å². The second-order valence-corrected chi connectivity index (χ2v) is 4.42. The molecule has 5 nitrogen and oxygen atoms in total. The number of amides is 1. The Balaban J connectivity index is 2.09. The standard InChI is InChI=1S/C14H11ClN2O3/c15-13-11(2-1-7-16-13)14(20)17-10-5-3-9(4-6-10)8-12(18)19/h1-7H,8H2,(H,17,20)(H,18,19). The molecule has 0 aliphatic carbocycles. The number of rotatable bonds is 4. The maximum Gasteiger partial charge on any atom is 0.307 e. The number of carboxylic acid groups (broad SMARTS) is 1. The lowest BCUT2D eigenvalue weighted by atomic mass is 10.1. The highest BCUT2D eigenvalue weighted by Gasteiger charge is 2.10. The zero-order valence-electron chi connectivity index (χ0n) is 10.3. The van der Waals surface area contributed by atoms with E-state index in [0.717, 1.165) is 0 Å². The number of benzene rings is 1. The Morgan fingerprint density at radius 2 is 1.90 bits per heavy atom. The number of pyridine rings is 1. The maximum atomic E-state index is 12.0. The zero-order valence-corrected chi connectivity index (χ0v) is 11.1. The molecule has 0 spiro atoms. The van der Waals surface area contributed by atoms with E-state index in [2.05, 4.69) is 10.3 Å². The van der Waals surface area contributed by atoms with Crippen molar-refractivity contribution in [3.8, 4) is 0 Å². The minimum Gasteiger partial charge on any atom is -0.481 e. The lowest BCUT2D eigenvalue weighted by Gasteiger charge is -2.06. The fourth-order valence-corrected chi connectivity index (χ4v) is 1.84. The van der Waals surface area contributed by atoms with Gasteiger partial charge in [0.1, 0.15) is 5.15 Å². The van der Waals surface area contributed by atoms with Crippen LogP contribution in [-0.2, 0) is 11.2 Å². The number of nitrogens with zero attached hydrogens (tertiary/aromatic N) is 1. The van der Waals surface area contributed by atoms with Gasteiger partial charge < -0.3 is 10.4 Å². The van der Waals surface area contributed by atoms with Crippen LogP contribution in [0.15, 0.2) is 42.6 Å². The van der Waals surface area contributed by atoms with E-state index < -0.39 is 5.97 Å². The van der Waals surface area contributed by atoms with Crippen LogP contribution in [0.2, 0.25) is 5.15 Å². The molecule has 1 aromatic heterocycles. The van der Waals surface area contributed by atoms with Crippen LogP contribution in [0.4, 0.5) is 5.69 Å². The van der Waals surface area contributed by atoms with Crippen LogP contribution in [0.1, 0.15) is 15.9 Å². The van der Waals surface area contributed by atoms with Crippen molar-refractivity contribution in [1.29, 1.82) is 0 Å². The Kier molecular flexibility index (Phi) is 4.32. The summed E-state index contributed by atoms with van der Waals surface area (Å²) < 4.78 is 0. The molecule has 2 aromatic rings. The van der Waals surface area contributed by atoms with Gasteiger partial charge in [0.15, 0.2) is 0 Å². The van der Waals surface area contributed by atoms with Gasteiger partial charge in [-0.3, -0.25) is 9.59 Å². The molecule has 0 unspecified atom stereocenters. The van der Waals surface area contributed by atoms with Crippen LogP contribution in [0.5, 0.6) is 0 Å². The van der Waals surface area contributed by atoms with Gasteiger partial charge in [-0.2, -0.15) is 0 Å².